The number of ether oxygens (including phenoxy) is 1. The second-order valence-corrected chi connectivity index (χ2v) is 7.62. The SMILES string of the molecule is COc1cccc2c1CCC[C@H]2CN(C)CCc1cccc2cccnc12.Cl.Cl. The quantitative estimate of drug-likeness (QED) is 0.500. The Hall–Kier alpha value is -1.81. The number of fused-ring (bicyclic) bond motifs is 2. The summed E-state index contributed by atoms with van der Waals surface area (Å²) in [5, 5.41) is 1.23. The number of para-hydroxylation sites is 1. The Kier molecular flexibility index (Phi) is 8.76. The van der Waals surface area contributed by atoms with Gasteiger partial charge >= 0.3 is 0 Å². The third-order valence-electron chi connectivity index (χ3n) is 5.82. The fourth-order valence-corrected chi connectivity index (χ4v) is 4.44. The van der Waals surface area contributed by atoms with E-state index in [1.54, 1.807) is 7.11 Å². The van der Waals surface area contributed by atoms with E-state index < -0.39 is 0 Å². The zero-order valence-corrected chi connectivity index (χ0v) is 18.8. The van der Waals surface area contributed by atoms with Crippen LogP contribution in [0.3, 0.4) is 0 Å². The van der Waals surface area contributed by atoms with Crippen LogP contribution in [0.1, 0.15) is 35.4 Å². The first-order valence-corrected chi connectivity index (χ1v) is 9.93. The highest BCUT2D eigenvalue weighted by molar-refractivity contribution is 5.85. The van der Waals surface area contributed by atoms with Crippen LogP contribution in [0, 0.1) is 0 Å². The summed E-state index contributed by atoms with van der Waals surface area (Å²) < 4.78 is 5.59. The molecular weight excluding hydrogens is 403 g/mol. The van der Waals surface area contributed by atoms with E-state index in [4.69, 9.17) is 4.74 Å². The maximum absolute atomic E-state index is 5.59. The lowest BCUT2D eigenvalue weighted by molar-refractivity contribution is 0.299. The fraction of sp³-hybridized carbons (Fsp3) is 0.375. The van der Waals surface area contributed by atoms with Gasteiger partial charge in [-0.2, -0.15) is 0 Å². The van der Waals surface area contributed by atoms with E-state index in [0.717, 1.165) is 37.2 Å². The number of likely N-dealkylation sites (N-methyl/N-ethyl adjacent to an activating group) is 1. The van der Waals surface area contributed by atoms with E-state index in [1.807, 2.05) is 12.3 Å². The monoisotopic (exact) mass is 432 g/mol. The smallest absolute Gasteiger partial charge is 0.122 e. The third kappa shape index (κ3) is 5.22. The van der Waals surface area contributed by atoms with Crippen LogP contribution in [0.15, 0.2) is 54.7 Å². The molecule has 0 saturated heterocycles. The van der Waals surface area contributed by atoms with Gasteiger partial charge in [0.15, 0.2) is 0 Å². The largest absolute Gasteiger partial charge is 0.496 e. The molecule has 3 aromatic rings. The number of hydrogen-bond acceptors (Lipinski definition) is 3. The number of aromatic nitrogens is 1. The minimum Gasteiger partial charge on any atom is -0.496 e. The predicted octanol–water partition coefficient (Wildman–Crippen LogP) is 5.68. The first kappa shape index (κ1) is 23.5. The number of methoxy groups -OCH3 is 1. The molecule has 4 rings (SSSR count). The third-order valence-corrected chi connectivity index (χ3v) is 5.82. The summed E-state index contributed by atoms with van der Waals surface area (Å²) in [6.07, 6.45) is 6.57. The highest BCUT2D eigenvalue weighted by Gasteiger charge is 2.23. The molecule has 1 heterocycles. The molecule has 1 aliphatic rings. The normalized spacial score (nSPS) is 15.3. The maximum atomic E-state index is 5.59. The van der Waals surface area contributed by atoms with Crippen LogP contribution in [0.25, 0.3) is 10.9 Å². The van der Waals surface area contributed by atoms with E-state index in [9.17, 15) is 0 Å². The first-order valence-electron chi connectivity index (χ1n) is 9.93. The van der Waals surface area contributed by atoms with Gasteiger partial charge < -0.3 is 9.64 Å². The van der Waals surface area contributed by atoms with Gasteiger partial charge in [0.1, 0.15) is 5.75 Å². The molecule has 0 aliphatic heterocycles. The number of halogens is 2. The Morgan fingerprint density at radius 3 is 2.69 bits per heavy atom. The lowest BCUT2D eigenvalue weighted by atomic mass is 9.82. The van der Waals surface area contributed by atoms with Gasteiger partial charge in [0.25, 0.3) is 0 Å². The summed E-state index contributed by atoms with van der Waals surface area (Å²) in [5.74, 6) is 1.65. The van der Waals surface area contributed by atoms with Crippen molar-refractivity contribution in [3.05, 3.63) is 71.4 Å². The summed E-state index contributed by atoms with van der Waals surface area (Å²) >= 11 is 0. The van der Waals surface area contributed by atoms with Crippen LogP contribution < -0.4 is 4.74 Å². The zero-order valence-electron chi connectivity index (χ0n) is 17.1. The van der Waals surface area contributed by atoms with Crippen molar-refractivity contribution >= 4 is 35.7 Å². The molecule has 0 unspecified atom stereocenters. The minimum atomic E-state index is 0. The molecule has 156 valence electrons. The highest BCUT2D eigenvalue weighted by Crippen LogP contribution is 2.36. The number of hydrogen-bond donors (Lipinski definition) is 0. The molecule has 1 atom stereocenters. The van der Waals surface area contributed by atoms with Crippen LogP contribution in [0.2, 0.25) is 0 Å². The molecular formula is C24H30Cl2N2O. The Morgan fingerprint density at radius 1 is 1.07 bits per heavy atom. The van der Waals surface area contributed by atoms with Gasteiger partial charge in [0.2, 0.25) is 0 Å². The Labute approximate surface area is 186 Å². The van der Waals surface area contributed by atoms with E-state index >= 15 is 0 Å². The summed E-state index contributed by atoms with van der Waals surface area (Å²) in [7, 11) is 4.02. The van der Waals surface area contributed by atoms with Crippen LogP contribution in [0.5, 0.6) is 5.75 Å². The molecule has 5 heteroatoms. The van der Waals surface area contributed by atoms with Crippen LogP contribution in [-0.2, 0) is 12.8 Å². The van der Waals surface area contributed by atoms with Gasteiger partial charge in [0.05, 0.1) is 12.6 Å². The summed E-state index contributed by atoms with van der Waals surface area (Å²) in [6, 6.07) is 17.2. The van der Waals surface area contributed by atoms with Crippen molar-refractivity contribution in [2.45, 2.75) is 31.6 Å². The molecule has 0 radical (unpaired) electrons. The minimum absolute atomic E-state index is 0. The molecule has 1 aliphatic carbocycles. The van der Waals surface area contributed by atoms with E-state index in [2.05, 4.69) is 59.4 Å². The Bertz CT molecular complexity index is 926. The van der Waals surface area contributed by atoms with Crippen molar-refractivity contribution in [2.75, 3.05) is 27.2 Å². The highest BCUT2D eigenvalue weighted by atomic mass is 35.5. The second-order valence-electron chi connectivity index (χ2n) is 7.62. The molecule has 2 aromatic carbocycles. The van der Waals surface area contributed by atoms with Crippen molar-refractivity contribution < 1.29 is 4.74 Å². The van der Waals surface area contributed by atoms with Crippen molar-refractivity contribution in [3.63, 3.8) is 0 Å². The Morgan fingerprint density at radius 2 is 1.86 bits per heavy atom. The number of rotatable bonds is 6. The molecule has 29 heavy (non-hydrogen) atoms. The van der Waals surface area contributed by atoms with E-state index in [0.29, 0.717) is 5.92 Å². The van der Waals surface area contributed by atoms with Crippen LogP contribution >= 0.6 is 24.8 Å². The number of pyridine rings is 1. The molecule has 0 saturated carbocycles. The van der Waals surface area contributed by atoms with Gasteiger partial charge in [-0.1, -0.05) is 36.4 Å². The summed E-state index contributed by atoms with van der Waals surface area (Å²) in [4.78, 5) is 7.06. The molecule has 0 amide bonds. The Balaban J connectivity index is 0.00000150. The average molecular weight is 433 g/mol. The zero-order chi connectivity index (χ0) is 18.6. The summed E-state index contributed by atoms with van der Waals surface area (Å²) in [5.41, 5.74) is 5.38. The van der Waals surface area contributed by atoms with Gasteiger partial charge in [-0.3, -0.25) is 4.98 Å². The van der Waals surface area contributed by atoms with Crippen molar-refractivity contribution in [1.82, 2.24) is 9.88 Å². The lowest BCUT2D eigenvalue weighted by Crippen LogP contribution is -2.28. The lowest BCUT2D eigenvalue weighted by Gasteiger charge is -2.30. The average Bonchev–Trinajstić information content (AvgIpc) is 2.72. The standard InChI is InChI=1S/C24H28N2O.2ClH/c1-26(16-14-19-8-3-7-18-10-6-15-25-24(18)19)17-20-9-4-12-22-21(20)11-5-13-23(22)27-2;;/h3,5-8,10-11,13,15,20H,4,9,12,14,16-17H2,1-2H3;2*1H/t20-;;/m0../s1. The van der Waals surface area contributed by atoms with Crippen LogP contribution in [0.4, 0.5) is 0 Å². The molecule has 1 aromatic heterocycles. The van der Waals surface area contributed by atoms with Crippen molar-refractivity contribution in [1.29, 1.82) is 0 Å². The maximum Gasteiger partial charge on any atom is 0.122 e. The predicted molar refractivity (Wildman–Crippen MR) is 126 cm³/mol. The van der Waals surface area contributed by atoms with Gasteiger partial charge in [0, 0.05) is 24.7 Å². The van der Waals surface area contributed by atoms with Crippen molar-refractivity contribution in [3.8, 4) is 5.75 Å². The molecule has 0 N–H and O–H groups in total. The first-order chi connectivity index (χ1) is 13.3. The fourth-order valence-electron chi connectivity index (χ4n) is 4.44. The van der Waals surface area contributed by atoms with Gasteiger partial charge in [-0.15, -0.1) is 24.8 Å². The van der Waals surface area contributed by atoms with Gasteiger partial charge in [-0.05, 0) is 67.5 Å². The molecule has 0 fully saturated rings. The van der Waals surface area contributed by atoms with E-state index in [-0.39, 0.29) is 24.8 Å². The topological polar surface area (TPSA) is 25.4 Å². The molecule has 0 bridgehead atoms. The van der Waals surface area contributed by atoms with Crippen molar-refractivity contribution in [2.24, 2.45) is 0 Å². The number of nitrogens with zero attached hydrogens (tertiary/aromatic N) is 2. The second kappa shape index (κ2) is 10.8. The van der Waals surface area contributed by atoms with E-state index in [1.165, 1.54) is 34.9 Å². The summed E-state index contributed by atoms with van der Waals surface area (Å²) in [6.45, 7) is 2.14. The van der Waals surface area contributed by atoms with Gasteiger partial charge in [-0.25, -0.2) is 0 Å². The molecule has 0 spiro atoms. The molecule has 3 nitrogen and oxygen atoms in total. The number of benzene rings is 2. The van der Waals surface area contributed by atoms with Crippen LogP contribution in [-0.4, -0.2) is 37.1 Å².